The van der Waals surface area contributed by atoms with Gasteiger partial charge < -0.3 is 19.3 Å². The van der Waals surface area contributed by atoms with Crippen LogP contribution in [0.25, 0.3) is 11.1 Å². The summed E-state index contributed by atoms with van der Waals surface area (Å²) >= 11 is 0. The number of hydrogen-bond donors (Lipinski definition) is 1. The number of hydrogen-bond acceptors (Lipinski definition) is 7. The van der Waals surface area contributed by atoms with Gasteiger partial charge in [-0.2, -0.15) is 0 Å². The van der Waals surface area contributed by atoms with E-state index in [0.29, 0.717) is 37.0 Å². The molecule has 0 aliphatic rings. The summed E-state index contributed by atoms with van der Waals surface area (Å²) in [4.78, 5) is 24.4. The average Bonchev–Trinajstić information content (AvgIpc) is 3.10. The van der Waals surface area contributed by atoms with E-state index in [1.165, 1.54) is 19.2 Å². The largest absolute Gasteiger partial charge is 0.469 e. The minimum atomic E-state index is -1.15. The highest BCUT2D eigenvalue weighted by molar-refractivity contribution is 5.74. The molecule has 0 aliphatic carbocycles. The van der Waals surface area contributed by atoms with Crippen molar-refractivity contribution in [1.29, 1.82) is 0 Å². The average molecular weight is 640 g/mol. The van der Waals surface area contributed by atoms with Gasteiger partial charge in [0.2, 0.25) is 0 Å². The van der Waals surface area contributed by atoms with E-state index < -0.39 is 34.4 Å². The van der Waals surface area contributed by atoms with Crippen molar-refractivity contribution < 1.29 is 29.0 Å². The Kier molecular flexibility index (Phi) is 13.1. The first-order chi connectivity index (χ1) is 22.8. The number of nitro groups is 1. The van der Waals surface area contributed by atoms with Crippen molar-refractivity contribution in [3.05, 3.63) is 130 Å². The Morgan fingerprint density at radius 2 is 1.53 bits per heavy atom. The molecule has 0 spiro atoms. The van der Waals surface area contributed by atoms with Crippen LogP contribution in [0.2, 0.25) is 0 Å². The van der Waals surface area contributed by atoms with Gasteiger partial charge in [0.25, 0.3) is 5.69 Å². The van der Waals surface area contributed by atoms with E-state index in [0.717, 1.165) is 23.1 Å². The lowest BCUT2D eigenvalue weighted by Gasteiger charge is -2.38. The molecule has 8 nitrogen and oxygen atoms in total. The number of non-ortho nitro benzene ring substituents is 1. The first-order valence-electron chi connectivity index (χ1n) is 16.3. The summed E-state index contributed by atoms with van der Waals surface area (Å²) in [6, 6.07) is 34.2. The third-order valence-corrected chi connectivity index (χ3v) is 8.82. The fraction of sp³-hybridized carbons (Fsp3) is 0.359. The van der Waals surface area contributed by atoms with Crippen LogP contribution in [-0.2, 0) is 20.7 Å². The molecule has 0 aromatic heterocycles. The summed E-state index contributed by atoms with van der Waals surface area (Å²) in [5.74, 6) is -1.39. The Labute approximate surface area is 277 Å². The van der Waals surface area contributed by atoms with Gasteiger partial charge in [0.1, 0.15) is 5.75 Å². The van der Waals surface area contributed by atoms with Crippen LogP contribution in [0, 0.1) is 16.0 Å². The molecule has 0 saturated carbocycles. The molecule has 0 aliphatic heterocycles. The fourth-order valence-electron chi connectivity index (χ4n) is 6.40. The molecule has 0 bridgehead atoms. The lowest BCUT2D eigenvalue weighted by Crippen LogP contribution is -2.44. The van der Waals surface area contributed by atoms with Gasteiger partial charge in [-0.25, -0.2) is 0 Å². The van der Waals surface area contributed by atoms with E-state index in [2.05, 4.69) is 31.2 Å². The minimum Gasteiger partial charge on any atom is -0.469 e. The van der Waals surface area contributed by atoms with Crippen LogP contribution in [0.3, 0.4) is 0 Å². The number of carbonyl (C=O) groups is 1. The van der Waals surface area contributed by atoms with Gasteiger partial charge in [-0.15, -0.1) is 0 Å². The zero-order valence-corrected chi connectivity index (χ0v) is 27.4. The molecule has 0 radical (unpaired) electrons. The third-order valence-electron chi connectivity index (χ3n) is 8.82. The standard InChI is InChI=1S/C39H45NO7/c1-4-24-39(25-23-29-13-8-6-9-14-29,47-28-46-34-21-19-31(20-22-34)30-15-10-7-11-16-30)27-36(41)37(38(42)45-3)35(5-2)32-17-12-18-33(26-32)40(43)44/h6-22,26,35-37,41H,4-5,23-25,27-28H2,1-3H3. The SMILES string of the molecule is CCCC(CCc1ccccc1)(CC(O)C(C(=O)OC)C(CC)c1cccc([N+](=O)[O-])c1)OCOc1ccc(-c2ccccc2)cc1. The number of carbonyl (C=O) groups excluding carboxylic acids is 1. The highest BCUT2D eigenvalue weighted by atomic mass is 16.7. The van der Waals surface area contributed by atoms with E-state index in [-0.39, 0.29) is 18.9 Å². The molecule has 4 rings (SSSR count). The number of rotatable bonds is 18. The maximum Gasteiger partial charge on any atom is 0.311 e. The Balaban J connectivity index is 1.59. The van der Waals surface area contributed by atoms with Gasteiger partial charge in [0, 0.05) is 18.6 Å². The molecule has 1 N–H and O–H groups in total. The lowest BCUT2D eigenvalue weighted by atomic mass is 9.75. The molecule has 0 saturated heterocycles. The first-order valence-corrected chi connectivity index (χ1v) is 16.3. The molecule has 4 aromatic rings. The summed E-state index contributed by atoms with van der Waals surface area (Å²) in [5.41, 5.74) is 3.03. The van der Waals surface area contributed by atoms with Crippen molar-refractivity contribution in [3.8, 4) is 16.9 Å². The second kappa shape index (κ2) is 17.4. The van der Waals surface area contributed by atoms with Gasteiger partial charge in [-0.3, -0.25) is 14.9 Å². The van der Waals surface area contributed by atoms with E-state index >= 15 is 0 Å². The molecule has 47 heavy (non-hydrogen) atoms. The van der Waals surface area contributed by atoms with Crippen LogP contribution < -0.4 is 4.74 Å². The number of ether oxygens (including phenoxy) is 3. The molecule has 0 heterocycles. The van der Waals surface area contributed by atoms with Crippen molar-refractivity contribution in [1.82, 2.24) is 0 Å². The summed E-state index contributed by atoms with van der Waals surface area (Å²) in [6.07, 6.45) is 2.14. The van der Waals surface area contributed by atoms with Gasteiger partial charge in [0.15, 0.2) is 6.79 Å². The van der Waals surface area contributed by atoms with E-state index in [9.17, 15) is 20.0 Å². The van der Waals surface area contributed by atoms with Crippen LogP contribution in [-0.4, -0.2) is 41.6 Å². The zero-order chi connectivity index (χ0) is 33.6. The second-order valence-electron chi connectivity index (χ2n) is 11.9. The van der Waals surface area contributed by atoms with Crippen molar-refractivity contribution in [2.75, 3.05) is 13.9 Å². The topological polar surface area (TPSA) is 108 Å². The van der Waals surface area contributed by atoms with E-state index in [4.69, 9.17) is 14.2 Å². The van der Waals surface area contributed by atoms with Crippen molar-refractivity contribution >= 4 is 11.7 Å². The maximum atomic E-state index is 13.3. The summed E-state index contributed by atoms with van der Waals surface area (Å²) in [6.45, 7) is 3.91. The molecule has 0 fully saturated rings. The van der Waals surface area contributed by atoms with Gasteiger partial charge >= 0.3 is 5.97 Å². The van der Waals surface area contributed by atoms with Crippen molar-refractivity contribution in [2.24, 2.45) is 5.92 Å². The smallest absolute Gasteiger partial charge is 0.311 e. The highest BCUT2D eigenvalue weighted by Crippen LogP contribution is 2.39. The van der Waals surface area contributed by atoms with Crippen LogP contribution in [0.5, 0.6) is 5.75 Å². The number of aliphatic hydroxyl groups is 1. The maximum absolute atomic E-state index is 13.3. The van der Waals surface area contributed by atoms with Crippen LogP contribution >= 0.6 is 0 Å². The quantitative estimate of drug-likeness (QED) is 0.0503. The number of aliphatic hydroxyl groups excluding tert-OH is 1. The third kappa shape index (κ3) is 9.73. The van der Waals surface area contributed by atoms with Crippen LogP contribution in [0.15, 0.2) is 109 Å². The number of methoxy groups -OCH3 is 1. The number of nitro benzene ring substituents is 1. The molecule has 4 unspecified atom stereocenters. The predicted molar refractivity (Wildman–Crippen MR) is 183 cm³/mol. The Bertz CT molecular complexity index is 1540. The molecule has 4 aromatic carbocycles. The van der Waals surface area contributed by atoms with Crippen molar-refractivity contribution in [2.45, 2.75) is 70.0 Å². The molecule has 0 amide bonds. The van der Waals surface area contributed by atoms with Gasteiger partial charge in [-0.05, 0) is 66.0 Å². The Morgan fingerprint density at radius 3 is 2.15 bits per heavy atom. The summed E-state index contributed by atoms with van der Waals surface area (Å²) in [5, 5.41) is 23.4. The second-order valence-corrected chi connectivity index (χ2v) is 11.9. The van der Waals surface area contributed by atoms with Crippen LogP contribution in [0.4, 0.5) is 5.69 Å². The highest BCUT2D eigenvalue weighted by Gasteiger charge is 2.42. The van der Waals surface area contributed by atoms with Crippen molar-refractivity contribution in [3.63, 3.8) is 0 Å². The molecular weight excluding hydrogens is 594 g/mol. The molecule has 248 valence electrons. The Morgan fingerprint density at radius 1 is 0.872 bits per heavy atom. The Hall–Kier alpha value is -4.53. The number of aryl methyl sites for hydroxylation is 1. The summed E-state index contributed by atoms with van der Waals surface area (Å²) < 4.78 is 17.9. The molecule has 4 atom stereocenters. The summed E-state index contributed by atoms with van der Waals surface area (Å²) in [7, 11) is 1.30. The molecule has 8 heteroatoms. The number of benzene rings is 4. The normalized spacial score (nSPS) is 14.4. The van der Waals surface area contributed by atoms with Gasteiger partial charge in [-0.1, -0.05) is 105 Å². The monoisotopic (exact) mass is 639 g/mol. The first kappa shape index (κ1) is 35.3. The lowest BCUT2D eigenvalue weighted by molar-refractivity contribution is -0.384. The fourth-order valence-corrected chi connectivity index (χ4v) is 6.40. The van der Waals surface area contributed by atoms with Crippen LogP contribution in [0.1, 0.15) is 63.0 Å². The zero-order valence-electron chi connectivity index (χ0n) is 27.4. The number of esters is 1. The van der Waals surface area contributed by atoms with E-state index in [1.54, 1.807) is 12.1 Å². The molecular formula is C39H45NO7. The minimum absolute atomic E-state index is 0.0445. The number of nitrogens with zero attached hydrogens (tertiary/aromatic N) is 1. The predicted octanol–water partition coefficient (Wildman–Crippen LogP) is 8.52. The van der Waals surface area contributed by atoms with E-state index in [1.807, 2.05) is 67.6 Å². The van der Waals surface area contributed by atoms with Gasteiger partial charge in [0.05, 0.1) is 29.7 Å².